The lowest BCUT2D eigenvalue weighted by Gasteiger charge is -2.49. The molecule has 0 radical (unpaired) electrons. The Hall–Kier alpha value is -0.160. The summed E-state index contributed by atoms with van der Waals surface area (Å²) in [6.07, 6.45) is 4.73. The Bertz CT molecular complexity index is 306. The summed E-state index contributed by atoms with van der Waals surface area (Å²) in [5, 5.41) is 14.1. The van der Waals surface area contributed by atoms with Crippen molar-refractivity contribution in [3.8, 4) is 0 Å². The van der Waals surface area contributed by atoms with E-state index in [9.17, 15) is 5.11 Å². The lowest BCUT2D eigenvalue weighted by atomic mass is 9.73. The van der Waals surface area contributed by atoms with Crippen LogP contribution in [-0.2, 0) is 4.74 Å². The Morgan fingerprint density at radius 2 is 1.90 bits per heavy atom. The quantitative estimate of drug-likeness (QED) is 0.753. The number of hydrogen-bond donors (Lipinski definition) is 2. The highest BCUT2D eigenvalue weighted by Gasteiger charge is 2.40. The number of likely N-dealkylation sites (tertiary alicyclic amines) is 1. The second-order valence-electron chi connectivity index (χ2n) is 7.65. The van der Waals surface area contributed by atoms with E-state index in [4.69, 9.17) is 4.74 Å². The molecular weight excluding hydrogens is 264 g/mol. The van der Waals surface area contributed by atoms with Crippen molar-refractivity contribution in [3.63, 3.8) is 0 Å². The summed E-state index contributed by atoms with van der Waals surface area (Å²) >= 11 is 0. The van der Waals surface area contributed by atoms with Crippen LogP contribution in [0, 0.1) is 11.8 Å². The molecule has 0 aromatic carbocycles. The number of nitrogens with zero attached hydrogens (tertiary/aromatic N) is 1. The normalized spacial score (nSPS) is 33.1. The van der Waals surface area contributed by atoms with E-state index >= 15 is 0 Å². The van der Waals surface area contributed by atoms with Crippen molar-refractivity contribution < 1.29 is 9.84 Å². The van der Waals surface area contributed by atoms with Crippen LogP contribution in [0.2, 0.25) is 0 Å². The van der Waals surface area contributed by atoms with Gasteiger partial charge < -0.3 is 20.1 Å². The number of ether oxygens (including phenoxy) is 1. The van der Waals surface area contributed by atoms with Gasteiger partial charge in [0, 0.05) is 51.9 Å². The van der Waals surface area contributed by atoms with Crippen LogP contribution in [0.3, 0.4) is 0 Å². The van der Waals surface area contributed by atoms with Crippen LogP contribution in [0.4, 0.5) is 0 Å². The van der Waals surface area contributed by atoms with Crippen molar-refractivity contribution in [3.05, 3.63) is 0 Å². The SMILES string of the molecule is COCCC(C)(O)CNC1C2CCCC1CN(C(C)C)C2. The molecule has 0 amide bonds. The molecule has 124 valence electrons. The Labute approximate surface area is 130 Å². The molecule has 1 aliphatic carbocycles. The van der Waals surface area contributed by atoms with E-state index in [0.29, 0.717) is 31.7 Å². The zero-order chi connectivity index (χ0) is 15.5. The van der Waals surface area contributed by atoms with E-state index in [0.717, 1.165) is 11.8 Å². The molecule has 0 aromatic heterocycles. The van der Waals surface area contributed by atoms with Gasteiger partial charge >= 0.3 is 0 Å². The fourth-order valence-corrected chi connectivity index (χ4v) is 3.98. The van der Waals surface area contributed by atoms with Crippen molar-refractivity contribution in [2.24, 2.45) is 11.8 Å². The van der Waals surface area contributed by atoms with Crippen molar-refractivity contribution >= 4 is 0 Å². The smallest absolute Gasteiger partial charge is 0.0765 e. The van der Waals surface area contributed by atoms with Gasteiger partial charge in [0.25, 0.3) is 0 Å². The molecule has 2 aliphatic rings. The van der Waals surface area contributed by atoms with Gasteiger partial charge in [-0.25, -0.2) is 0 Å². The lowest BCUT2D eigenvalue weighted by molar-refractivity contribution is -0.00400. The average molecular weight is 298 g/mol. The third-order valence-electron chi connectivity index (χ3n) is 5.40. The second-order valence-corrected chi connectivity index (χ2v) is 7.65. The Morgan fingerprint density at radius 3 is 2.43 bits per heavy atom. The summed E-state index contributed by atoms with van der Waals surface area (Å²) in [5.41, 5.74) is -0.667. The summed E-state index contributed by atoms with van der Waals surface area (Å²) in [6.45, 7) is 10.2. The zero-order valence-electron chi connectivity index (χ0n) is 14.3. The zero-order valence-corrected chi connectivity index (χ0v) is 14.3. The Kier molecular flexibility index (Phi) is 6.06. The van der Waals surface area contributed by atoms with Crippen LogP contribution in [0.1, 0.15) is 46.5 Å². The number of hydrogen-bond acceptors (Lipinski definition) is 4. The minimum absolute atomic E-state index is 0.586. The molecule has 0 aromatic rings. The topological polar surface area (TPSA) is 44.7 Å². The number of aliphatic hydroxyl groups is 1. The van der Waals surface area contributed by atoms with Crippen molar-refractivity contribution in [1.82, 2.24) is 10.2 Å². The summed E-state index contributed by atoms with van der Waals surface area (Å²) in [4.78, 5) is 2.63. The van der Waals surface area contributed by atoms with E-state index in [-0.39, 0.29) is 0 Å². The Morgan fingerprint density at radius 1 is 1.29 bits per heavy atom. The maximum Gasteiger partial charge on any atom is 0.0765 e. The first kappa shape index (κ1) is 17.2. The van der Waals surface area contributed by atoms with Crippen LogP contribution in [0.15, 0.2) is 0 Å². The monoisotopic (exact) mass is 298 g/mol. The van der Waals surface area contributed by atoms with Gasteiger partial charge in [0.1, 0.15) is 0 Å². The summed E-state index contributed by atoms with van der Waals surface area (Å²) in [7, 11) is 1.69. The second kappa shape index (κ2) is 7.40. The number of nitrogens with one attached hydrogen (secondary N) is 1. The lowest BCUT2D eigenvalue weighted by Crippen LogP contribution is -2.60. The van der Waals surface area contributed by atoms with Gasteiger partial charge in [0.05, 0.1) is 5.60 Å². The fourth-order valence-electron chi connectivity index (χ4n) is 3.98. The first-order chi connectivity index (χ1) is 9.93. The molecule has 1 saturated heterocycles. The van der Waals surface area contributed by atoms with Crippen LogP contribution >= 0.6 is 0 Å². The van der Waals surface area contributed by atoms with Crippen LogP contribution in [-0.4, -0.2) is 61.0 Å². The summed E-state index contributed by atoms with van der Waals surface area (Å²) in [6, 6.07) is 1.24. The highest BCUT2D eigenvalue weighted by Crippen LogP contribution is 2.35. The van der Waals surface area contributed by atoms with E-state index in [1.54, 1.807) is 7.11 Å². The molecule has 3 atom stereocenters. The largest absolute Gasteiger partial charge is 0.389 e. The van der Waals surface area contributed by atoms with Crippen molar-refractivity contribution in [1.29, 1.82) is 0 Å². The standard InChI is InChI=1S/C17H34N2O2/c1-13(2)19-10-14-6-5-7-15(11-19)16(14)18-12-17(3,20)8-9-21-4/h13-16,18,20H,5-12H2,1-4H3. The fraction of sp³-hybridized carbons (Fsp3) is 1.00. The van der Waals surface area contributed by atoms with E-state index < -0.39 is 5.60 Å². The third kappa shape index (κ3) is 4.65. The van der Waals surface area contributed by atoms with Gasteiger partial charge in [0.2, 0.25) is 0 Å². The van der Waals surface area contributed by atoms with Gasteiger partial charge in [-0.15, -0.1) is 0 Å². The third-order valence-corrected chi connectivity index (χ3v) is 5.40. The molecule has 2 rings (SSSR count). The van der Waals surface area contributed by atoms with Crippen LogP contribution in [0.5, 0.6) is 0 Å². The molecule has 0 spiro atoms. The maximum atomic E-state index is 10.4. The predicted octanol–water partition coefficient (Wildman–Crippen LogP) is 1.87. The predicted molar refractivity (Wildman–Crippen MR) is 86.4 cm³/mol. The van der Waals surface area contributed by atoms with E-state index in [1.807, 2.05) is 6.92 Å². The Balaban J connectivity index is 1.88. The van der Waals surface area contributed by atoms with Gasteiger partial charge in [-0.3, -0.25) is 0 Å². The highest BCUT2D eigenvalue weighted by atomic mass is 16.5. The number of piperidine rings is 1. The van der Waals surface area contributed by atoms with Crippen LogP contribution in [0.25, 0.3) is 0 Å². The molecule has 4 heteroatoms. The maximum absolute atomic E-state index is 10.4. The molecule has 1 aliphatic heterocycles. The molecule has 2 fully saturated rings. The van der Waals surface area contributed by atoms with Gasteiger partial charge in [-0.05, 0) is 45.4 Å². The first-order valence-electron chi connectivity index (χ1n) is 8.61. The molecule has 2 N–H and O–H groups in total. The molecular formula is C17H34N2O2. The summed E-state index contributed by atoms with van der Waals surface area (Å²) in [5.74, 6) is 1.50. The molecule has 1 heterocycles. The van der Waals surface area contributed by atoms with Gasteiger partial charge in [-0.1, -0.05) is 6.42 Å². The van der Waals surface area contributed by atoms with Gasteiger partial charge in [0.15, 0.2) is 0 Å². The minimum atomic E-state index is -0.667. The number of rotatable bonds is 7. The molecule has 4 nitrogen and oxygen atoms in total. The number of methoxy groups -OCH3 is 1. The summed E-state index contributed by atoms with van der Waals surface area (Å²) < 4.78 is 5.09. The van der Waals surface area contributed by atoms with Crippen molar-refractivity contribution in [2.75, 3.05) is 33.4 Å². The van der Waals surface area contributed by atoms with E-state index in [1.165, 1.54) is 32.4 Å². The average Bonchev–Trinajstić information content (AvgIpc) is 2.42. The van der Waals surface area contributed by atoms with Crippen molar-refractivity contribution in [2.45, 2.75) is 64.1 Å². The first-order valence-corrected chi connectivity index (χ1v) is 8.61. The van der Waals surface area contributed by atoms with E-state index in [2.05, 4.69) is 24.1 Å². The van der Waals surface area contributed by atoms with Gasteiger partial charge in [-0.2, -0.15) is 0 Å². The van der Waals surface area contributed by atoms with Crippen LogP contribution < -0.4 is 5.32 Å². The highest BCUT2D eigenvalue weighted by molar-refractivity contribution is 4.96. The molecule has 3 unspecified atom stereocenters. The number of fused-ring (bicyclic) bond motifs is 2. The minimum Gasteiger partial charge on any atom is -0.389 e. The molecule has 1 saturated carbocycles. The molecule has 2 bridgehead atoms. The molecule has 21 heavy (non-hydrogen) atoms.